The highest BCUT2D eigenvalue weighted by atomic mass is 35.5. The second-order valence-corrected chi connectivity index (χ2v) is 5.98. The minimum absolute atomic E-state index is 0.445. The molecular weight excluding hydrogens is 296 g/mol. The molecule has 0 radical (unpaired) electrons. The summed E-state index contributed by atoms with van der Waals surface area (Å²) >= 11 is 7.36. The Morgan fingerprint density at radius 3 is 2.85 bits per heavy atom. The van der Waals surface area contributed by atoms with Crippen LogP contribution in [0.5, 0.6) is 0 Å². The van der Waals surface area contributed by atoms with Crippen LogP contribution in [0.1, 0.15) is 12.8 Å². The molecule has 1 fully saturated rings. The lowest BCUT2D eigenvalue weighted by molar-refractivity contribution is -0.138. The van der Waals surface area contributed by atoms with E-state index in [-0.39, 0.29) is 0 Å². The summed E-state index contributed by atoms with van der Waals surface area (Å²) in [6.45, 7) is 0.755. The first-order valence-corrected chi connectivity index (χ1v) is 7.62. The van der Waals surface area contributed by atoms with Gasteiger partial charge in [0.2, 0.25) is 0 Å². The third-order valence-corrected chi connectivity index (χ3v) is 4.55. The minimum Gasteiger partial charge on any atom is -0.480 e. The Balaban J connectivity index is 1.86. The smallest absolute Gasteiger partial charge is 0.326 e. The van der Waals surface area contributed by atoms with Gasteiger partial charge in [-0.2, -0.15) is 0 Å². The number of rotatable bonds is 3. The van der Waals surface area contributed by atoms with Crippen molar-refractivity contribution in [3.05, 3.63) is 34.7 Å². The van der Waals surface area contributed by atoms with Crippen molar-refractivity contribution in [1.29, 1.82) is 0 Å². The molecule has 1 atom stereocenters. The van der Waals surface area contributed by atoms with Crippen molar-refractivity contribution in [1.82, 2.24) is 4.98 Å². The van der Waals surface area contributed by atoms with Gasteiger partial charge in [0.05, 0.1) is 5.69 Å². The monoisotopic (exact) mass is 308 g/mol. The van der Waals surface area contributed by atoms with Gasteiger partial charge in [-0.25, -0.2) is 9.78 Å². The summed E-state index contributed by atoms with van der Waals surface area (Å²) < 4.78 is 0. The van der Waals surface area contributed by atoms with E-state index >= 15 is 0 Å². The first kappa shape index (κ1) is 13.4. The molecule has 6 heteroatoms. The van der Waals surface area contributed by atoms with Gasteiger partial charge >= 0.3 is 5.97 Å². The molecular formula is C14H13ClN2O2S. The largest absolute Gasteiger partial charge is 0.480 e. The van der Waals surface area contributed by atoms with Crippen LogP contribution in [-0.2, 0) is 4.79 Å². The number of aromatic nitrogens is 1. The number of aliphatic carboxylic acids is 1. The quantitative estimate of drug-likeness (QED) is 0.942. The standard InChI is InChI=1S/C14H13ClN2O2S/c15-10-5-3-9(4-6-10)11-8-20-14(16-11)17-7-1-2-12(17)13(18)19/h3-6,8,12H,1-2,7H2,(H,18,19)/t12-/m1/s1. The van der Waals surface area contributed by atoms with E-state index in [0.717, 1.165) is 29.4 Å². The Morgan fingerprint density at radius 1 is 1.40 bits per heavy atom. The molecule has 1 saturated heterocycles. The van der Waals surface area contributed by atoms with Crippen LogP contribution in [0.3, 0.4) is 0 Å². The second-order valence-electron chi connectivity index (χ2n) is 4.71. The fourth-order valence-electron chi connectivity index (χ4n) is 2.40. The maximum Gasteiger partial charge on any atom is 0.326 e. The number of carboxylic acids is 1. The van der Waals surface area contributed by atoms with E-state index in [1.165, 1.54) is 11.3 Å². The first-order valence-electron chi connectivity index (χ1n) is 6.36. The summed E-state index contributed by atoms with van der Waals surface area (Å²) in [5.41, 5.74) is 1.85. The Hall–Kier alpha value is -1.59. The molecule has 4 nitrogen and oxygen atoms in total. The Labute approximate surface area is 125 Å². The number of hydrogen-bond donors (Lipinski definition) is 1. The number of benzene rings is 1. The van der Waals surface area contributed by atoms with Crippen molar-refractivity contribution >= 4 is 34.0 Å². The predicted molar refractivity (Wildman–Crippen MR) is 80.6 cm³/mol. The van der Waals surface area contributed by atoms with E-state index in [2.05, 4.69) is 4.98 Å². The summed E-state index contributed by atoms with van der Waals surface area (Å²) in [6, 6.07) is 7.04. The maximum absolute atomic E-state index is 11.2. The molecule has 3 rings (SSSR count). The second kappa shape index (κ2) is 5.42. The van der Waals surface area contributed by atoms with Crippen LogP contribution in [0.15, 0.2) is 29.6 Å². The van der Waals surface area contributed by atoms with Gasteiger partial charge in [-0.05, 0) is 25.0 Å². The van der Waals surface area contributed by atoms with Crippen LogP contribution in [0.4, 0.5) is 5.13 Å². The van der Waals surface area contributed by atoms with Crippen LogP contribution >= 0.6 is 22.9 Å². The van der Waals surface area contributed by atoms with Crippen LogP contribution in [-0.4, -0.2) is 28.6 Å². The van der Waals surface area contributed by atoms with Crippen LogP contribution in [0, 0.1) is 0 Å². The topological polar surface area (TPSA) is 53.4 Å². The zero-order valence-corrected chi connectivity index (χ0v) is 12.2. The Bertz CT molecular complexity index is 626. The molecule has 1 N–H and O–H groups in total. The summed E-state index contributed by atoms with van der Waals surface area (Å²) in [6.07, 6.45) is 1.58. The highest BCUT2D eigenvalue weighted by Crippen LogP contribution is 2.32. The van der Waals surface area contributed by atoms with Crippen LogP contribution in [0.2, 0.25) is 5.02 Å². The zero-order valence-electron chi connectivity index (χ0n) is 10.6. The molecule has 1 aliphatic rings. The van der Waals surface area contributed by atoms with Gasteiger partial charge in [0.25, 0.3) is 0 Å². The number of nitrogens with zero attached hydrogens (tertiary/aromatic N) is 2. The molecule has 0 saturated carbocycles. The van der Waals surface area contributed by atoms with E-state index in [9.17, 15) is 9.90 Å². The molecule has 0 bridgehead atoms. The van der Waals surface area contributed by atoms with Crippen molar-refractivity contribution < 1.29 is 9.90 Å². The number of carboxylic acid groups (broad SMARTS) is 1. The van der Waals surface area contributed by atoms with Crippen molar-refractivity contribution in [3.63, 3.8) is 0 Å². The minimum atomic E-state index is -0.772. The number of anilines is 1. The highest BCUT2D eigenvalue weighted by Gasteiger charge is 2.32. The van der Waals surface area contributed by atoms with E-state index in [1.54, 1.807) is 0 Å². The molecule has 104 valence electrons. The number of hydrogen-bond acceptors (Lipinski definition) is 4. The van der Waals surface area contributed by atoms with Crippen molar-refractivity contribution in [2.24, 2.45) is 0 Å². The van der Waals surface area contributed by atoms with Gasteiger partial charge in [-0.3, -0.25) is 0 Å². The summed E-state index contributed by atoms with van der Waals surface area (Å²) in [4.78, 5) is 17.7. The van der Waals surface area contributed by atoms with Gasteiger partial charge in [0, 0.05) is 22.5 Å². The molecule has 1 aromatic carbocycles. The highest BCUT2D eigenvalue weighted by molar-refractivity contribution is 7.14. The van der Waals surface area contributed by atoms with E-state index in [0.29, 0.717) is 11.4 Å². The first-order chi connectivity index (χ1) is 9.65. The predicted octanol–water partition coefficient (Wildman–Crippen LogP) is 3.52. The van der Waals surface area contributed by atoms with E-state index < -0.39 is 12.0 Å². The molecule has 20 heavy (non-hydrogen) atoms. The van der Waals surface area contributed by atoms with Gasteiger partial charge in [-0.1, -0.05) is 23.7 Å². The van der Waals surface area contributed by atoms with Gasteiger partial charge in [-0.15, -0.1) is 11.3 Å². The SMILES string of the molecule is O=C(O)[C@H]1CCCN1c1nc(-c2ccc(Cl)cc2)cs1. The van der Waals surface area contributed by atoms with Crippen molar-refractivity contribution in [2.75, 3.05) is 11.4 Å². The Morgan fingerprint density at radius 2 is 2.15 bits per heavy atom. The van der Waals surface area contributed by atoms with E-state index in [4.69, 9.17) is 11.6 Å². The lowest BCUT2D eigenvalue weighted by atomic mass is 10.2. The summed E-state index contributed by atoms with van der Waals surface area (Å²) in [5.74, 6) is -0.772. The lowest BCUT2D eigenvalue weighted by Gasteiger charge is -2.19. The van der Waals surface area contributed by atoms with Gasteiger partial charge in [0.15, 0.2) is 5.13 Å². The molecule has 2 heterocycles. The number of halogens is 1. The van der Waals surface area contributed by atoms with E-state index in [1.807, 2.05) is 34.5 Å². The lowest BCUT2D eigenvalue weighted by Crippen LogP contribution is -2.35. The molecule has 1 aliphatic heterocycles. The fraction of sp³-hybridized carbons (Fsp3) is 0.286. The van der Waals surface area contributed by atoms with Gasteiger partial charge < -0.3 is 10.0 Å². The Kier molecular flexibility index (Phi) is 3.63. The van der Waals surface area contributed by atoms with Crippen molar-refractivity contribution in [3.8, 4) is 11.3 Å². The molecule has 0 spiro atoms. The van der Waals surface area contributed by atoms with Crippen LogP contribution < -0.4 is 4.90 Å². The molecule has 1 aromatic heterocycles. The summed E-state index contributed by atoms with van der Waals surface area (Å²) in [7, 11) is 0. The average molecular weight is 309 g/mol. The average Bonchev–Trinajstić information content (AvgIpc) is 3.08. The fourth-order valence-corrected chi connectivity index (χ4v) is 3.44. The number of thiazole rings is 1. The third-order valence-electron chi connectivity index (χ3n) is 3.42. The maximum atomic E-state index is 11.2. The third kappa shape index (κ3) is 2.51. The number of carbonyl (C=O) groups is 1. The molecule has 0 aliphatic carbocycles. The molecule has 0 unspecified atom stereocenters. The van der Waals surface area contributed by atoms with Gasteiger partial charge in [0.1, 0.15) is 6.04 Å². The normalized spacial score (nSPS) is 18.4. The molecule has 0 amide bonds. The summed E-state index contributed by atoms with van der Waals surface area (Å²) in [5, 5.41) is 12.6. The molecule has 2 aromatic rings. The van der Waals surface area contributed by atoms with Crippen LogP contribution in [0.25, 0.3) is 11.3 Å². The zero-order chi connectivity index (χ0) is 14.1. The van der Waals surface area contributed by atoms with Crippen molar-refractivity contribution in [2.45, 2.75) is 18.9 Å².